The van der Waals surface area contributed by atoms with E-state index in [1.165, 1.54) is 25.0 Å². The van der Waals surface area contributed by atoms with Crippen LogP contribution in [0.25, 0.3) is 0 Å². The number of aromatic nitrogens is 3. The number of aliphatic hydroxyl groups is 1. The predicted octanol–water partition coefficient (Wildman–Crippen LogP) is 0.646. The topological polar surface area (TPSA) is 63.0 Å². The van der Waals surface area contributed by atoms with Crippen molar-refractivity contribution in [2.45, 2.75) is 37.6 Å². The summed E-state index contributed by atoms with van der Waals surface area (Å²) in [6.07, 6.45) is 5.95. The lowest BCUT2D eigenvalue weighted by atomic mass is 10.2. The van der Waals surface area contributed by atoms with Crippen molar-refractivity contribution in [3.8, 4) is 0 Å². The van der Waals surface area contributed by atoms with E-state index in [1.807, 2.05) is 6.20 Å². The molecule has 0 radical (unpaired) electrons. The van der Waals surface area contributed by atoms with Crippen molar-refractivity contribution in [2.75, 3.05) is 18.9 Å². The first-order valence-corrected chi connectivity index (χ1v) is 7.25. The van der Waals surface area contributed by atoms with Crippen LogP contribution in [-0.4, -0.2) is 44.3 Å². The fraction of sp³-hybridized carbons (Fsp3) is 0.818. The predicted molar refractivity (Wildman–Crippen MR) is 68.9 cm³/mol. The second-order valence-electron chi connectivity index (χ2n) is 4.32. The molecule has 1 aliphatic heterocycles. The van der Waals surface area contributed by atoms with Gasteiger partial charge in [0.25, 0.3) is 0 Å². The monoisotopic (exact) mass is 256 g/mol. The first-order valence-electron chi connectivity index (χ1n) is 6.20. The van der Waals surface area contributed by atoms with Crippen LogP contribution in [0.1, 0.15) is 25.0 Å². The average Bonchev–Trinajstić information content (AvgIpc) is 2.79. The molecular weight excluding hydrogens is 236 g/mol. The number of nitrogens with one attached hydrogen (secondary N) is 1. The molecule has 2 rings (SSSR count). The molecule has 6 heteroatoms. The van der Waals surface area contributed by atoms with Gasteiger partial charge < -0.3 is 10.4 Å². The van der Waals surface area contributed by atoms with Crippen LogP contribution in [0.15, 0.2) is 6.20 Å². The SMILES string of the molecule is OCCn1cc(CNCC2CCCCS2)nn1. The standard InChI is InChI=1S/C11H20N4OS/c16-5-4-15-9-10(13-14-15)7-12-8-11-3-1-2-6-17-11/h9,11-12,16H,1-8H2. The average molecular weight is 256 g/mol. The van der Waals surface area contributed by atoms with Crippen LogP contribution >= 0.6 is 11.8 Å². The van der Waals surface area contributed by atoms with Gasteiger partial charge in [-0.3, -0.25) is 0 Å². The molecule has 0 aliphatic carbocycles. The normalized spacial score (nSPS) is 20.6. The largest absolute Gasteiger partial charge is 0.394 e. The molecule has 17 heavy (non-hydrogen) atoms. The zero-order chi connectivity index (χ0) is 11.9. The van der Waals surface area contributed by atoms with E-state index in [0.29, 0.717) is 6.54 Å². The highest BCUT2D eigenvalue weighted by atomic mass is 32.2. The lowest BCUT2D eigenvalue weighted by Crippen LogP contribution is -2.26. The van der Waals surface area contributed by atoms with Gasteiger partial charge in [0.05, 0.1) is 18.8 Å². The van der Waals surface area contributed by atoms with Crippen LogP contribution in [0.5, 0.6) is 0 Å². The Hall–Kier alpha value is -0.590. The number of nitrogens with zero attached hydrogens (tertiary/aromatic N) is 3. The molecule has 1 aromatic rings. The quantitative estimate of drug-likeness (QED) is 0.782. The molecule has 5 nitrogen and oxygen atoms in total. The van der Waals surface area contributed by atoms with Crippen LogP contribution < -0.4 is 5.32 Å². The summed E-state index contributed by atoms with van der Waals surface area (Å²) in [6.45, 7) is 2.44. The Morgan fingerprint density at radius 2 is 2.47 bits per heavy atom. The molecule has 0 aromatic carbocycles. The number of aliphatic hydroxyl groups excluding tert-OH is 1. The van der Waals surface area contributed by atoms with E-state index in [1.54, 1.807) is 4.68 Å². The van der Waals surface area contributed by atoms with Crippen molar-refractivity contribution in [3.63, 3.8) is 0 Å². The molecule has 0 amide bonds. The minimum atomic E-state index is 0.106. The van der Waals surface area contributed by atoms with E-state index in [-0.39, 0.29) is 6.61 Å². The van der Waals surface area contributed by atoms with E-state index in [2.05, 4.69) is 27.4 Å². The van der Waals surface area contributed by atoms with Crippen molar-refractivity contribution in [3.05, 3.63) is 11.9 Å². The maximum atomic E-state index is 8.77. The Balaban J connectivity index is 1.66. The summed E-state index contributed by atoms with van der Waals surface area (Å²) < 4.78 is 1.67. The van der Waals surface area contributed by atoms with E-state index < -0.39 is 0 Å². The minimum Gasteiger partial charge on any atom is -0.394 e. The molecule has 1 aromatic heterocycles. The van der Waals surface area contributed by atoms with Gasteiger partial charge in [0.1, 0.15) is 0 Å². The van der Waals surface area contributed by atoms with E-state index in [0.717, 1.165) is 24.0 Å². The maximum absolute atomic E-state index is 8.77. The first kappa shape index (κ1) is 12.9. The molecule has 0 spiro atoms. The highest BCUT2D eigenvalue weighted by Crippen LogP contribution is 2.24. The van der Waals surface area contributed by atoms with Crippen molar-refractivity contribution < 1.29 is 5.11 Å². The summed E-state index contributed by atoms with van der Waals surface area (Å²) in [6, 6.07) is 0. The molecule has 1 saturated heterocycles. The molecule has 2 heterocycles. The van der Waals surface area contributed by atoms with E-state index in [9.17, 15) is 0 Å². The number of thioether (sulfide) groups is 1. The lowest BCUT2D eigenvalue weighted by molar-refractivity contribution is 0.268. The van der Waals surface area contributed by atoms with Gasteiger partial charge >= 0.3 is 0 Å². The first-order chi connectivity index (χ1) is 8.38. The third kappa shape index (κ3) is 4.29. The lowest BCUT2D eigenvalue weighted by Gasteiger charge is -2.21. The summed E-state index contributed by atoms with van der Waals surface area (Å²) in [5.74, 6) is 1.30. The second kappa shape index (κ2) is 6.98. The minimum absolute atomic E-state index is 0.106. The molecule has 96 valence electrons. The summed E-state index contributed by atoms with van der Waals surface area (Å²) in [5, 5.41) is 20.9. The van der Waals surface area contributed by atoms with Gasteiger partial charge in [0.2, 0.25) is 0 Å². The Labute approximate surface area is 106 Å². The molecule has 1 unspecified atom stereocenters. The van der Waals surface area contributed by atoms with Crippen molar-refractivity contribution in [1.29, 1.82) is 0 Å². The maximum Gasteiger partial charge on any atom is 0.0964 e. The summed E-state index contributed by atoms with van der Waals surface area (Å²) in [5.41, 5.74) is 0.944. The van der Waals surface area contributed by atoms with Gasteiger partial charge in [-0.15, -0.1) is 5.10 Å². The van der Waals surface area contributed by atoms with Crippen molar-refractivity contribution >= 4 is 11.8 Å². The Morgan fingerprint density at radius 3 is 3.24 bits per heavy atom. The molecule has 0 bridgehead atoms. The van der Waals surface area contributed by atoms with E-state index in [4.69, 9.17) is 5.11 Å². The molecule has 1 atom stereocenters. The summed E-state index contributed by atoms with van der Waals surface area (Å²) >= 11 is 2.07. The molecule has 1 aliphatic rings. The zero-order valence-electron chi connectivity index (χ0n) is 10.0. The molecular formula is C11H20N4OS. The van der Waals surface area contributed by atoms with Crippen LogP contribution in [0.4, 0.5) is 0 Å². The Morgan fingerprint density at radius 1 is 1.53 bits per heavy atom. The van der Waals surface area contributed by atoms with Gasteiger partial charge in [0.15, 0.2) is 0 Å². The fourth-order valence-electron chi connectivity index (χ4n) is 1.96. The van der Waals surface area contributed by atoms with Crippen LogP contribution in [0.3, 0.4) is 0 Å². The number of hydrogen-bond acceptors (Lipinski definition) is 5. The van der Waals surface area contributed by atoms with Crippen LogP contribution in [-0.2, 0) is 13.1 Å². The summed E-state index contributed by atoms with van der Waals surface area (Å²) in [4.78, 5) is 0. The van der Waals surface area contributed by atoms with Crippen molar-refractivity contribution in [1.82, 2.24) is 20.3 Å². The van der Waals surface area contributed by atoms with Crippen LogP contribution in [0, 0.1) is 0 Å². The highest BCUT2D eigenvalue weighted by Gasteiger charge is 2.13. The Kier molecular flexibility index (Phi) is 5.28. The zero-order valence-corrected chi connectivity index (χ0v) is 10.8. The van der Waals surface area contributed by atoms with Gasteiger partial charge in [-0.1, -0.05) is 11.6 Å². The van der Waals surface area contributed by atoms with Crippen molar-refractivity contribution in [2.24, 2.45) is 0 Å². The summed E-state index contributed by atoms with van der Waals surface area (Å²) in [7, 11) is 0. The van der Waals surface area contributed by atoms with Gasteiger partial charge in [-0.05, 0) is 18.6 Å². The molecule has 0 saturated carbocycles. The third-order valence-corrected chi connectivity index (χ3v) is 4.27. The van der Waals surface area contributed by atoms with E-state index >= 15 is 0 Å². The Bertz CT molecular complexity index is 325. The number of hydrogen-bond donors (Lipinski definition) is 2. The highest BCUT2D eigenvalue weighted by molar-refractivity contribution is 7.99. The van der Waals surface area contributed by atoms with Gasteiger partial charge in [-0.2, -0.15) is 11.8 Å². The number of rotatable bonds is 6. The van der Waals surface area contributed by atoms with Crippen LogP contribution in [0.2, 0.25) is 0 Å². The van der Waals surface area contributed by atoms with Gasteiger partial charge in [-0.25, -0.2) is 4.68 Å². The molecule has 2 N–H and O–H groups in total. The van der Waals surface area contributed by atoms with Gasteiger partial charge in [0, 0.05) is 24.5 Å². The molecule has 1 fully saturated rings. The third-order valence-electron chi connectivity index (χ3n) is 2.87. The second-order valence-corrected chi connectivity index (χ2v) is 5.72. The smallest absolute Gasteiger partial charge is 0.0964 e. The fourth-order valence-corrected chi connectivity index (χ4v) is 3.23.